The molecule has 10 heteroatoms. The second-order valence-electron chi connectivity index (χ2n) is 9.17. The highest BCUT2D eigenvalue weighted by molar-refractivity contribution is 7.16. The van der Waals surface area contributed by atoms with Gasteiger partial charge < -0.3 is 30.6 Å². The van der Waals surface area contributed by atoms with Gasteiger partial charge >= 0.3 is 4.87 Å². The number of phenolic OH excluding ortho intramolecular Hbond substituents is 1. The number of benzene rings is 2. The van der Waals surface area contributed by atoms with Gasteiger partial charge in [-0.25, -0.2) is 0 Å². The number of aliphatic hydroxyl groups excluding tert-OH is 1. The van der Waals surface area contributed by atoms with Crippen LogP contribution in [0.4, 0.5) is 0 Å². The van der Waals surface area contributed by atoms with E-state index in [9.17, 15) is 15.0 Å². The lowest BCUT2D eigenvalue weighted by Gasteiger charge is -2.20. The summed E-state index contributed by atoms with van der Waals surface area (Å²) in [6, 6.07) is 12.2. The van der Waals surface area contributed by atoms with Crippen molar-refractivity contribution >= 4 is 46.4 Å². The SMILES string of the molecule is COC[C@H](CC(C)C)NCCc1cccc(CCNC[C@H](O)c2ccc(O)c3[nH]c(=O)sc23)c1.Cl.Cl. The summed E-state index contributed by atoms with van der Waals surface area (Å²) in [5.41, 5.74) is 3.59. The van der Waals surface area contributed by atoms with E-state index >= 15 is 0 Å². The molecule has 0 amide bonds. The second-order valence-corrected chi connectivity index (χ2v) is 10.2. The minimum Gasteiger partial charge on any atom is -0.506 e. The van der Waals surface area contributed by atoms with Crippen LogP contribution in [0.1, 0.15) is 43.1 Å². The van der Waals surface area contributed by atoms with Crippen LogP contribution in [0.3, 0.4) is 0 Å². The second kappa shape index (κ2) is 16.2. The number of halogens is 2. The number of aromatic amines is 1. The van der Waals surface area contributed by atoms with Crippen molar-refractivity contribution in [2.45, 2.75) is 45.3 Å². The van der Waals surface area contributed by atoms with Gasteiger partial charge in [-0.3, -0.25) is 4.79 Å². The summed E-state index contributed by atoms with van der Waals surface area (Å²) in [5.74, 6) is 0.649. The maximum Gasteiger partial charge on any atom is 0.305 e. The highest BCUT2D eigenvalue weighted by Gasteiger charge is 2.16. The van der Waals surface area contributed by atoms with Crippen LogP contribution in [-0.2, 0) is 17.6 Å². The minimum atomic E-state index is -0.766. The number of H-pyrrole nitrogens is 1. The summed E-state index contributed by atoms with van der Waals surface area (Å²) < 4.78 is 5.94. The van der Waals surface area contributed by atoms with Gasteiger partial charge in [-0.05, 0) is 55.5 Å². The first-order chi connectivity index (χ1) is 16.4. The molecule has 7 nitrogen and oxygen atoms in total. The molecule has 2 aromatic carbocycles. The van der Waals surface area contributed by atoms with Gasteiger partial charge in [0.05, 0.1) is 17.4 Å². The highest BCUT2D eigenvalue weighted by Crippen LogP contribution is 2.31. The molecule has 0 aliphatic heterocycles. The van der Waals surface area contributed by atoms with E-state index in [1.165, 1.54) is 17.2 Å². The van der Waals surface area contributed by atoms with Gasteiger partial charge in [0.1, 0.15) is 11.3 Å². The Morgan fingerprint density at radius 3 is 2.44 bits per heavy atom. The zero-order chi connectivity index (χ0) is 24.5. The van der Waals surface area contributed by atoms with Crippen LogP contribution in [0.25, 0.3) is 10.2 Å². The molecule has 0 radical (unpaired) electrons. The third-order valence-corrected chi connectivity index (χ3v) is 6.77. The van der Waals surface area contributed by atoms with Crippen molar-refractivity contribution < 1.29 is 14.9 Å². The largest absolute Gasteiger partial charge is 0.506 e. The summed E-state index contributed by atoms with van der Waals surface area (Å²) >= 11 is 1.00. The Hall–Kier alpha value is -1.65. The highest BCUT2D eigenvalue weighted by atomic mass is 35.5. The number of thiazole rings is 1. The normalized spacial score (nSPS) is 12.8. The van der Waals surface area contributed by atoms with Gasteiger partial charge in [0.25, 0.3) is 0 Å². The Morgan fingerprint density at radius 1 is 1.08 bits per heavy atom. The molecule has 3 aromatic rings. The lowest BCUT2D eigenvalue weighted by atomic mass is 10.0. The van der Waals surface area contributed by atoms with Gasteiger partial charge in [-0.1, -0.05) is 55.5 Å². The molecule has 0 unspecified atom stereocenters. The Bertz CT molecular complexity index is 1110. The minimum absolute atomic E-state index is 0. The third kappa shape index (κ3) is 9.67. The molecular formula is C26H39Cl2N3O4S. The number of methoxy groups -OCH3 is 1. The van der Waals surface area contributed by atoms with Crippen molar-refractivity contribution in [2.75, 3.05) is 33.4 Å². The summed E-state index contributed by atoms with van der Waals surface area (Å²) in [5, 5.41) is 27.5. The van der Waals surface area contributed by atoms with E-state index in [4.69, 9.17) is 4.74 Å². The van der Waals surface area contributed by atoms with Crippen LogP contribution in [0.15, 0.2) is 41.2 Å². The van der Waals surface area contributed by atoms with Crippen molar-refractivity contribution in [1.82, 2.24) is 15.6 Å². The number of hydrogen-bond acceptors (Lipinski definition) is 7. The quantitative estimate of drug-likeness (QED) is 0.189. The Kier molecular flexibility index (Phi) is 14.6. The van der Waals surface area contributed by atoms with Gasteiger partial charge in [-0.15, -0.1) is 24.8 Å². The van der Waals surface area contributed by atoms with Crippen LogP contribution in [0, 0.1) is 5.92 Å². The molecule has 1 heterocycles. The van der Waals surface area contributed by atoms with Crippen molar-refractivity contribution in [1.29, 1.82) is 0 Å². The van der Waals surface area contributed by atoms with Crippen molar-refractivity contribution in [3.8, 4) is 5.75 Å². The molecule has 0 aliphatic rings. The Balaban J connectivity index is 0.00000324. The number of fused-ring (bicyclic) bond motifs is 1. The first-order valence-electron chi connectivity index (χ1n) is 11.9. The topological polar surface area (TPSA) is 107 Å². The van der Waals surface area contributed by atoms with E-state index in [1.54, 1.807) is 13.2 Å². The Labute approximate surface area is 229 Å². The smallest absolute Gasteiger partial charge is 0.305 e. The number of ether oxygens (including phenoxy) is 1. The molecule has 1 aromatic heterocycles. The van der Waals surface area contributed by atoms with E-state index < -0.39 is 6.10 Å². The number of aliphatic hydroxyl groups is 1. The van der Waals surface area contributed by atoms with E-state index in [2.05, 4.69) is 53.7 Å². The summed E-state index contributed by atoms with van der Waals surface area (Å²) in [6.45, 7) is 7.21. The molecule has 36 heavy (non-hydrogen) atoms. The van der Waals surface area contributed by atoms with E-state index in [0.717, 1.165) is 50.3 Å². The zero-order valence-corrected chi connectivity index (χ0v) is 23.5. The number of phenols is 1. The fourth-order valence-electron chi connectivity index (χ4n) is 4.23. The predicted molar refractivity (Wildman–Crippen MR) is 153 cm³/mol. The average Bonchev–Trinajstić information content (AvgIpc) is 3.19. The number of rotatable bonds is 14. The van der Waals surface area contributed by atoms with Crippen LogP contribution in [0.2, 0.25) is 0 Å². The molecule has 0 saturated heterocycles. The lowest BCUT2D eigenvalue weighted by Crippen LogP contribution is -2.35. The molecule has 0 saturated carbocycles. The van der Waals surface area contributed by atoms with Crippen LogP contribution < -0.4 is 15.5 Å². The zero-order valence-electron chi connectivity index (χ0n) is 21.1. The van der Waals surface area contributed by atoms with Gasteiger partial charge in [-0.2, -0.15) is 0 Å². The van der Waals surface area contributed by atoms with Crippen LogP contribution in [0.5, 0.6) is 5.75 Å². The summed E-state index contributed by atoms with van der Waals surface area (Å²) in [6.07, 6.45) is 2.16. The molecule has 2 atom stereocenters. The molecule has 0 fully saturated rings. The molecular weight excluding hydrogens is 521 g/mol. The molecule has 0 bridgehead atoms. The average molecular weight is 561 g/mol. The predicted octanol–water partition coefficient (Wildman–Crippen LogP) is 4.20. The van der Waals surface area contributed by atoms with Crippen molar-refractivity contribution in [3.63, 3.8) is 0 Å². The van der Waals surface area contributed by atoms with Gasteiger partial charge in [0, 0.05) is 25.3 Å². The summed E-state index contributed by atoms with van der Waals surface area (Å²) in [7, 11) is 1.75. The number of aromatic hydroxyl groups is 1. The maximum atomic E-state index is 11.7. The third-order valence-electron chi connectivity index (χ3n) is 5.84. The maximum absolute atomic E-state index is 11.7. The monoisotopic (exact) mass is 559 g/mol. The Morgan fingerprint density at radius 2 is 1.78 bits per heavy atom. The first kappa shape index (κ1) is 32.4. The first-order valence-corrected chi connectivity index (χ1v) is 12.7. The molecule has 0 spiro atoms. The standard InChI is InChI=1S/C26H37N3O4S.2ClH/c1-17(2)13-20(16-33-3)28-12-10-19-6-4-5-18(14-19)9-11-27-15-23(31)21-7-8-22(30)24-25(21)34-26(32)29-24;;/h4-8,14,17,20,23,27-28,30-31H,9-13,15-16H2,1-3H3,(H,29,32);2*1H/t20-,23-;;/m0../s1. The summed E-state index contributed by atoms with van der Waals surface area (Å²) in [4.78, 5) is 14.0. The van der Waals surface area contributed by atoms with Gasteiger partial charge in [0.15, 0.2) is 0 Å². The van der Waals surface area contributed by atoms with E-state index in [-0.39, 0.29) is 35.4 Å². The number of hydrogen-bond donors (Lipinski definition) is 5. The van der Waals surface area contributed by atoms with E-state index in [0.29, 0.717) is 34.3 Å². The van der Waals surface area contributed by atoms with Crippen LogP contribution >= 0.6 is 36.2 Å². The van der Waals surface area contributed by atoms with Gasteiger partial charge in [0.2, 0.25) is 0 Å². The van der Waals surface area contributed by atoms with Crippen molar-refractivity contribution in [3.05, 3.63) is 62.8 Å². The lowest BCUT2D eigenvalue weighted by molar-refractivity contribution is 0.157. The van der Waals surface area contributed by atoms with Crippen molar-refractivity contribution in [2.24, 2.45) is 5.92 Å². The molecule has 0 aliphatic carbocycles. The molecule has 3 rings (SSSR count). The van der Waals surface area contributed by atoms with E-state index in [1.807, 2.05) is 0 Å². The molecule has 202 valence electrons. The number of nitrogens with one attached hydrogen (secondary N) is 3. The fourth-order valence-corrected chi connectivity index (χ4v) is 5.14. The number of aromatic nitrogens is 1. The van der Waals surface area contributed by atoms with Crippen LogP contribution in [-0.4, -0.2) is 54.6 Å². The fraction of sp³-hybridized carbons (Fsp3) is 0.500. The molecule has 5 N–H and O–H groups in total.